The summed E-state index contributed by atoms with van der Waals surface area (Å²) in [5.41, 5.74) is 1.36. The van der Waals surface area contributed by atoms with Crippen LogP contribution in [0, 0.1) is 5.92 Å². The van der Waals surface area contributed by atoms with E-state index in [4.69, 9.17) is 0 Å². The van der Waals surface area contributed by atoms with Crippen molar-refractivity contribution in [3.05, 3.63) is 35.9 Å². The van der Waals surface area contributed by atoms with Crippen molar-refractivity contribution in [3.8, 4) is 0 Å². The van der Waals surface area contributed by atoms with Crippen molar-refractivity contribution in [2.24, 2.45) is 5.92 Å². The van der Waals surface area contributed by atoms with Gasteiger partial charge in [0.25, 0.3) is 0 Å². The van der Waals surface area contributed by atoms with E-state index in [1.165, 1.54) is 18.4 Å². The Morgan fingerprint density at radius 3 is 2.71 bits per heavy atom. The van der Waals surface area contributed by atoms with Crippen LogP contribution in [0.15, 0.2) is 30.3 Å². The number of benzene rings is 1. The molecule has 1 N–H and O–H groups in total. The second-order valence-electron chi connectivity index (χ2n) is 6.71. The molecule has 0 unspecified atom stereocenters. The van der Waals surface area contributed by atoms with Crippen LogP contribution in [-0.4, -0.2) is 36.0 Å². The van der Waals surface area contributed by atoms with Gasteiger partial charge in [-0.2, -0.15) is 0 Å². The monoisotopic (exact) mass is 286 g/mol. The Labute approximate surface area is 127 Å². The molecule has 2 aliphatic heterocycles. The quantitative estimate of drug-likeness (QED) is 0.906. The predicted octanol–water partition coefficient (Wildman–Crippen LogP) is 2.78. The normalized spacial score (nSPS) is 29.3. The average molecular weight is 286 g/mol. The molecule has 3 heteroatoms. The van der Waals surface area contributed by atoms with Gasteiger partial charge in [0, 0.05) is 30.5 Å². The molecule has 2 heterocycles. The molecule has 21 heavy (non-hydrogen) atoms. The van der Waals surface area contributed by atoms with Crippen LogP contribution in [-0.2, 0) is 4.79 Å². The Balaban J connectivity index is 1.89. The Hall–Kier alpha value is -1.35. The maximum Gasteiger partial charge on any atom is 0.225 e. The molecule has 3 atom stereocenters. The van der Waals surface area contributed by atoms with Crippen LogP contribution in [0.5, 0.6) is 0 Å². The molecule has 2 saturated heterocycles. The number of carbonyl (C=O) groups is 1. The van der Waals surface area contributed by atoms with E-state index in [9.17, 15) is 4.79 Å². The fraction of sp³-hybridized carbons (Fsp3) is 0.611. The zero-order valence-electron chi connectivity index (χ0n) is 13.1. The summed E-state index contributed by atoms with van der Waals surface area (Å²) in [6.07, 6.45) is 3.58. The van der Waals surface area contributed by atoms with E-state index in [1.807, 2.05) is 13.8 Å². The highest BCUT2D eigenvalue weighted by Gasteiger charge is 2.44. The van der Waals surface area contributed by atoms with E-state index in [0.717, 1.165) is 19.5 Å². The van der Waals surface area contributed by atoms with Gasteiger partial charge < -0.3 is 10.2 Å². The van der Waals surface area contributed by atoms with Crippen molar-refractivity contribution < 1.29 is 4.79 Å². The van der Waals surface area contributed by atoms with Gasteiger partial charge in [0.15, 0.2) is 0 Å². The van der Waals surface area contributed by atoms with Gasteiger partial charge in [-0.25, -0.2) is 0 Å². The van der Waals surface area contributed by atoms with E-state index in [-0.39, 0.29) is 5.92 Å². The van der Waals surface area contributed by atoms with E-state index in [1.54, 1.807) is 0 Å². The Morgan fingerprint density at radius 1 is 1.24 bits per heavy atom. The Kier molecular flexibility index (Phi) is 4.29. The lowest BCUT2D eigenvalue weighted by molar-refractivity contribution is -0.135. The molecule has 2 aliphatic rings. The van der Waals surface area contributed by atoms with Gasteiger partial charge in [0.05, 0.1) is 0 Å². The van der Waals surface area contributed by atoms with Crippen LogP contribution in [0.3, 0.4) is 0 Å². The third-order valence-electron chi connectivity index (χ3n) is 4.95. The minimum absolute atomic E-state index is 0.0865. The molecule has 0 aromatic heterocycles. The van der Waals surface area contributed by atoms with Gasteiger partial charge in [-0.3, -0.25) is 4.79 Å². The van der Waals surface area contributed by atoms with Crippen LogP contribution in [0.4, 0.5) is 0 Å². The number of nitrogens with zero attached hydrogens (tertiary/aromatic N) is 1. The predicted molar refractivity (Wildman–Crippen MR) is 85.2 cm³/mol. The van der Waals surface area contributed by atoms with Crippen LogP contribution < -0.4 is 5.32 Å². The van der Waals surface area contributed by atoms with Crippen LogP contribution in [0.2, 0.25) is 0 Å². The summed E-state index contributed by atoms with van der Waals surface area (Å²) >= 11 is 0. The largest absolute Gasteiger partial charge is 0.337 e. The standard InChI is InChI=1S/C18H26N2O/c1-13(2)18(21)20-12-15(14-8-4-3-5-9-14)17-16(20)10-6-7-11-19-17/h3-5,8-9,13,15-17,19H,6-7,10-12H2,1-2H3/t15-,16-,17-/m0/s1. The number of carbonyl (C=O) groups excluding carboxylic acids is 1. The van der Waals surface area contributed by atoms with Crippen molar-refractivity contribution in [3.63, 3.8) is 0 Å². The SMILES string of the molecule is CC(C)C(=O)N1C[C@@H](c2ccccc2)[C@@H]2NCCCC[C@@H]21. The molecule has 3 nitrogen and oxygen atoms in total. The van der Waals surface area contributed by atoms with Crippen LogP contribution in [0.1, 0.15) is 44.6 Å². The average Bonchev–Trinajstić information content (AvgIpc) is 2.69. The summed E-state index contributed by atoms with van der Waals surface area (Å²) in [5.74, 6) is 0.826. The molecule has 0 spiro atoms. The highest BCUT2D eigenvalue weighted by molar-refractivity contribution is 5.79. The molecule has 0 bridgehead atoms. The maximum atomic E-state index is 12.6. The van der Waals surface area contributed by atoms with E-state index >= 15 is 0 Å². The molecule has 114 valence electrons. The summed E-state index contributed by atoms with van der Waals surface area (Å²) in [6.45, 7) is 5.96. The fourth-order valence-corrected chi connectivity index (χ4v) is 3.88. The van der Waals surface area contributed by atoms with Crippen molar-refractivity contribution in [2.75, 3.05) is 13.1 Å². The third kappa shape index (κ3) is 2.84. The van der Waals surface area contributed by atoms with Gasteiger partial charge in [-0.15, -0.1) is 0 Å². The van der Waals surface area contributed by atoms with E-state index in [0.29, 0.717) is 23.9 Å². The molecule has 0 saturated carbocycles. The van der Waals surface area contributed by atoms with Crippen molar-refractivity contribution in [1.29, 1.82) is 0 Å². The minimum atomic E-state index is 0.0865. The van der Waals surface area contributed by atoms with Gasteiger partial charge in [-0.1, -0.05) is 50.6 Å². The molecular formula is C18H26N2O. The molecule has 0 aliphatic carbocycles. The first-order valence-electron chi connectivity index (χ1n) is 8.27. The van der Waals surface area contributed by atoms with Crippen molar-refractivity contribution in [1.82, 2.24) is 10.2 Å². The van der Waals surface area contributed by atoms with E-state index in [2.05, 4.69) is 40.5 Å². The van der Waals surface area contributed by atoms with Crippen LogP contribution >= 0.6 is 0 Å². The minimum Gasteiger partial charge on any atom is -0.337 e. The molecule has 2 fully saturated rings. The van der Waals surface area contributed by atoms with Gasteiger partial charge in [-0.05, 0) is 24.9 Å². The smallest absolute Gasteiger partial charge is 0.225 e. The second kappa shape index (κ2) is 6.18. The summed E-state index contributed by atoms with van der Waals surface area (Å²) < 4.78 is 0. The lowest BCUT2D eigenvalue weighted by Crippen LogP contribution is -2.45. The van der Waals surface area contributed by atoms with Crippen molar-refractivity contribution in [2.45, 2.75) is 51.1 Å². The first kappa shape index (κ1) is 14.6. The number of likely N-dealkylation sites (tertiary alicyclic amines) is 1. The van der Waals surface area contributed by atoms with Gasteiger partial charge >= 0.3 is 0 Å². The summed E-state index contributed by atoms with van der Waals surface area (Å²) in [4.78, 5) is 14.7. The van der Waals surface area contributed by atoms with Gasteiger partial charge in [0.1, 0.15) is 0 Å². The molecule has 3 rings (SSSR count). The van der Waals surface area contributed by atoms with Crippen molar-refractivity contribution >= 4 is 5.91 Å². The number of hydrogen-bond donors (Lipinski definition) is 1. The lowest BCUT2D eigenvalue weighted by Gasteiger charge is -2.28. The number of hydrogen-bond acceptors (Lipinski definition) is 2. The second-order valence-corrected chi connectivity index (χ2v) is 6.71. The number of fused-ring (bicyclic) bond motifs is 1. The summed E-state index contributed by atoms with van der Waals surface area (Å²) in [6, 6.07) is 11.5. The number of amides is 1. The molecule has 1 aromatic rings. The summed E-state index contributed by atoms with van der Waals surface area (Å²) in [7, 11) is 0. The van der Waals surface area contributed by atoms with Gasteiger partial charge in [0.2, 0.25) is 5.91 Å². The topological polar surface area (TPSA) is 32.3 Å². The fourth-order valence-electron chi connectivity index (χ4n) is 3.88. The Morgan fingerprint density at radius 2 is 2.00 bits per heavy atom. The summed E-state index contributed by atoms with van der Waals surface area (Å²) in [5, 5.41) is 3.72. The molecular weight excluding hydrogens is 260 g/mol. The first-order valence-corrected chi connectivity index (χ1v) is 8.27. The highest BCUT2D eigenvalue weighted by Crippen LogP contribution is 2.36. The molecule has 1 aromatic carbocycles. The molecule has 0 radical (unpaired) electrons. The third-order valence-corrected chi connectivity index (χ3v) is 4.95. The lowest BCUT2D eigenvalue weighted by atomic mass is 9.90. The van der Waals surface area contributed by atoms with E-state index < -0.39 is 0 Å². The zero-order valence-corrected chi connectivity index (χ0v) is 13.1. The van der Waals surface area contributed by atoms with Crippen LogP contribution in [0.25, 0.3) is 0 Å². The Bertz CT molecular complexity index is 485. The number of nitrogens with one attached hydrogen (secondary N) is 1. The molecule has 1 amide bonds. The maximum absolute atomic E-state index is 12.6. The highest BCUT2D eigenvalue weighted by atomic mass is 16.2. The number of rotatable bonds is 2. The first-order chi connectivity index (χ1) is 10.2. The zero-order chi connectivity index (χ0) is 14.8.